The number of anilines is 2. The zero-order valence-electron chi connectivity index (χ0n) is 41.6. The second-order valence-electron chi connectivity index (χ2n) is 18.7. The summed E-state index contributed by atoms with van der Waals surface area (Å²) >= 11 is 0. The highest BCUT2D eigenvalue weighted by atomic mass is 16.5. The first kappa shape index (κ1) is 48.3. The summed E-state index contributed by atoms with van der Waals surface area (Å²) in [6.07, 6.45) is 13.0. The first-order valence-corrected chi connectivity index (χ1v) is 25.2. The number of nitrogens with zero attached hydrogens (tertiary/aromatic N) is 2. The van der Waals surface area contributed by atoms with E-state index in [4.69, 9.17) is 9.47 Å². The number of imide groups is 2. The van der Waals surface area contributed by atoms with Crippen molar-refractivity contribution in [2.24, 2.45) is 0 Å². The number of carbonyl (C=O) groups is 6. The van der Waals surface area contributed by atoms with Crippen LogP contribution in [0.5, 0.6) is 0 Å². The third-order valence-corrected chi connectivity index (χ3v) is 14.1. The van der Waals surface area contributed by atoms with Gasteiger partial charge < -0.3 is 9.47 Å². The van der Waals surface area contributed by atoms with E-state index in [2.05, 4.69) is 23.7 Å². The molecule has 0 aromatic heterocycles. The lowest BCUT2D eigenvalue weighted by Crippen LogP contribution is -2.30. The fourth-order valence-corrected chi connectivity index (χ4v) is 10.3. The molecular weight excluding hydrogens is 973 g/mol. The minimum Gasteiger partial charge on any atom is -0.457 e. The molecule has 0 N–H and O–H groups in total. The van der Waals surface area contributed by atoms with Gasteiger partial charge in [-0.3, -0.25) is 19.2 Å². The number of rotatable bonds is 10. The van der Waals surface area contributed by atoms with Crippen LogP contribution in [0.3, 0.4) is 0 Å². The molecule has 78 heavy (non-hydrogen) atoms. The lowest BCUT2D eigenvalue weighted by molar-refractivity contribution is 0.0462. The van der Waals surface area contributed by atoms with Crippen molar-refractivity contribution in [2.75, 3.05) is 9.80 Å². The Balaban J connectivity index is 0.911. The molecule has 0 bridgehead atoms. The van der Waals surface area contributed by atoms with E-state index in [1.807, 2.05) is 146 Å². The largest absolute Gasteiger partial charge is 0.457 e. The number of benzene rings is 8. The van der Waals surface area contributed by atoms with E-state index in [-0.39, 0.29) is 57.7 Å². The number of amides is 4. The van der Waals surface area contributed by atoms with Gasteiger partial charge >= 0.3 is 11.9 Å². The van der Waals surface area contributed by atoms with E-state index in [0.29, 0.717) is 46.5 Å². The molecule has 12 rings (SSSR count). The third-order valence-electron chi connectivity index (χ3n) is 14.1. The van der Waals surface area contributed by atoms with Crippen LogP contribution in [-0.4, -0.2) is 35.6 Å². The molecule has 10 nitrogen and oxygen atoms in total. The smallest absolute Gasteiger partial charge is 0.339 e. The first-order chi connectivity index (χ1) is 38.2. The molecule has 0 unspecified atom stereocenters. The number of carbonyl (C=O) groups excluding carboxylic acids is 6. The lowest BCUT2D eigenvalue weighted by Gasteiger charge is -2.19. The predicted octanol–water partition coefficient (Wildman–Crippen LogP) is 12.6. The molecule has 0 radical (unpaired) electrons. The van der Waals surface area contributed by atoms with Crippen molar-refractivity contribution in [2.45, 2.75) is 26.1 Å². The first-order valence-electron chi connectivity index (χ1n) is 25.2. The van der Waals surface area contributed by atoms with Crippen LogP contribution in [0.1, 0.15) is 119 Å². The summed E-state index contributed by atoms with van der Waals surface area (Å²) in [6, 6.07) is 49.9. The maximum Gasteiger partial charge on any atom is 0.339 e. The Hall–Kier alpha value is -10.7. The molecule has 2 heterocycles. The normalized spacial score (nSPS) is 13.9. The maximum atomic E-state index is 14.8. The Morgan fingerprint density at radius 1 is 0.397 bits per heavy atom. The summed E-state index contributed by atoms with van der Waals surface area (Å²) in [5, 5.41) is 1.44. The molecule has 0 atom stereocenters. The summed E-state index contributed by atoms with van der Waals surface area (Å²) in [4.78, 5) is 88.9. The molecule has 0 saturated carbocycles. The quantitative estimate of drug-likeness (QED) is 0.0753. The van der Waals surface area contributed by atoms with Gasteiger partial charge in [0.25, 0.3) is 23.6 Å². The molecule has 2 aliphatic carbocycles. The highest BCUT2D eigenvalue weighted by Gasteiger charge is 2.44. The predicted molar refractivity (Wildman–Crippen MR) is 299 cm³/mol. The fourth-order valence-electron chi connectivity index (χ4n) is 10.3. The average molecular weight is 1020 g/mol. The average Bonchev–Trinajstić information content (AvgIpc) is 4.50. The number of esters is 2. The minimum absolute atomic E-state index is 0.00694. The molecule has 8 aromatic carbocycles. The van der Waals surface area contributed by atoms with Crippen molar-refractivity contribution in [3.8, 4) is 23.7 Å². The molecule has 372 valence electrons. The molecule has 10 heteroatoms. The van der Waals surface area contributed by atoms with Crippen LogP contribution in [0.2, 0.25) is 0 Å². The van der Waals surface area contributed by atoms with Crippen molar-refractivity contribution in [1.29, 1.82) is 0 Å². The Morgan fingerprint density at radius 3 is 1.17 bits per heavy atom. The number of fused-ring (bicyclic) bond motifs is 3. The van der Waals surface area contributed by atoms with E-state index in [0.717, 1.165) is 42.8 Å². The molecule has 4 aliphatic rings. The van der Waals surface area contributed by atoms with Gasteiger partial charge in [-0.25, -0.2) is 19.4 Å². The number of para-hydroxylation sites is 2. The van der Waals surface area contributed by atoms with Crippen molar-refractivity contribution in [3.05, 3.63) is 284 Å². The van der Waals surface area contributed by atoms with Crippen LogP contribution in [0.15, 0.2) is 206 Å². The van der Waals surface area contributed by atoms with Crippen molar-refractivity contribution < 1.29 is 38.2 Å². The van der Waals surface area contributed by atoms with Crippen LogP contribution in [0, 0.1) is 23.7 Å². The van der Waals surface area contributed by atoms with E-state index < -0.39 is 35.6 Å². The van der Waals surface area contributed by atoms with E-state index >= 15 is 0 Å². The highest BCUT2D eigenvalue weighted by Crippen LogP contribution is 2.41. The third kappa shape index (κ3) is 8.79. The van der Waals surface area contributed by atoms with Crippen LogP contribution in [0.25, 0.3) is 21.9 Å². The zero-order valence-corrected chi connectivity index (χ0v) is 41.6. The fraction of sp³-hybridized carbons (Fsp3) is 0.0588. The summed E-state index contributed by atoms with van der Waals surface area (Å²) < 4.78 is 11.4. The van der Waals surface area contributed by atoms with Gasteiger partial charge in [-0.1, -0.05) is 181 Å². The van der Waals surface area contributed by atoms with E-state index in [1.165, 1.54) is 12.1 Å². The van der Waals surface area contributed by atoms with Crippen molar-refractivity contribution >= 4 is 68.9 Å². The van der Waals surface area contributed by atoms with Crippen LogP contribution < -0.4 is 9.80 Å². The van der Waals surface area contributed by atoms with Crippen LogP contribution >= 0.6 is 0 Å². The molecule has 0 saturated heterocycles. The molecule has 2 aliphatic heterocycles. The number of allylic oxidation sites excluding steroid dienone is 8. The minimum atomic E-state index is -0.757. The second kappa shape index (κ2) is 20.6. The van der Waals surface area contributed by atoms with Gasteiger partial charge in [0.1, 0.15) is 13.2 Å². The van der Waals surface area contributed by atoms with Gasteiger partial charge in [-0.15, -0.1) is 0 Å². The number of ether oxygens (including phenoxy) is 2. The number of hydrogen-bond acceptors (Lipinski definition) is 8. The van der Waals surface area contributed by atoms with Gasteiger partial charge in [0.15, 0.2) is 0 Å². The summed E-state index contributed by atoms with van der Waals surface area (Å²) in [5.74, 6) is 8.78. The molecule has 8 aromatic rings. The topological polar surface area (TPSA) is 127 Å². The molecule has 0 fully saturated rings. The second-order valence-corrected chi connectivity index (χ2v) is 18.7. The molecular formula is C68H42N2O8. The Morgan fingerprint density at radius 2 is 0.756 bits per heavy atom. The Bertz CT molecular complexity index is 3910. The van der Waals surface area contributed by atoms with Crippen LogP contribution in [-0.2, 0) is 22.7 Å². The summed E-state index contributed by atoms with van der Waals surface area (Å²) in [7, 11) is 0. The summed E-state index contributed by atoms with van der Waals surface area (Å²) in [5.41, 5.74) is 6.95. The highest BCUT2D eigenvalue weighted by molar-refractivity contribution is 6.38. The molecule has 0 spiro atoms. The Labute approximate surface area is 448 Å². The van der Waals surface area contributed by atoms with Crippen molar-refractivity contribution in [3.63, 3.8) is 0 Å². The van der Waals surface area contributed by atoms with Gasteiger partial charge in [0, 0.05) is 33.4 Å². The summed E-state index contributed by atoms with van der Waals surface area (Å²) in [6.45, 7) is -0.0791. The van der Waals surface area contributed by atoms with Gasteiger partial charge in [0.05, 0.1) is 44.8 Å². The molecule has 4 amide bonds. The monoisotopic (exact) mass is 1010 g/mol. The van der Waals surface area contributed by atoms with E-state index in [9.17, 15) is 28.8 Å². The maximum absolute atomic E-state index is 14.8. The number of hydrogen-bond donors (Lipinski definition) is 0. The SMILES string of the molecule is O=C(OCc1ccccc1)c1ccc(C#Cc2ccc(C#Cc3ccc(C(=O)OCc4ccccc4)c4c3C(=O)N(c3ccccc3C3=CC=CC3)C4=O)c3ccccc23)c2c1C(=O)N(c1ccccc1C1=CC=CC1)C2=O. The van der Waals surface area contributed by atoms with Gasteiger partial charge in [0.2, 0.25) is 0 Å². The van der Waals surface area contributed by atoms with E-state index in [1.54, 1.807) is 48.5 Å². The Kier molecular flexibility index (Phi) is 12.7. The van der Waals surface area contributed by atoms with Crippen molar-refractivity contribution in [1.82, 2.24) is 0 Å². The standard InChI is InChI=1S/C68H42N2O8/c71-63-59-49(37-39-55(67(75)77-41-43-17-3-1-4-18-43)61(59)65(73)69(63)57-29-15-13-27-53(57)45-21-7-8-22-45)35-33-47-31-32-48(52-26-12-11-25-51(47)52)34-36-50-38-40-56(68(76)78-42-44-19-5-2-6-20-44)62-60(50)64(72)70(66(62)74)58-30-16-14-28-54(58)46-23-9-10-24-46/h1-21,23,25-32,37-40H,22,24,41-42H2. The lowest BCUT2D eigenvalue weighted by atomic mass is 9.95. The zero-order chi connectivity index (χ0) is 53.3. The van der Waals surface area contributed by atoms with Gasteiger partial charge in [-0.05, 0) is 94.4 Å². The van der Waals surface area contributed by atoms with Crippen LogP contribution in [0.4, 0.5) is 11.4 Å². The van der Waals surface area contributed by atoms with Gasteiger partial charge in [-0.2, -0.15) is 0 Å².